The van der Waals surface area contributed by atoms with Gasteiger partial charge in [-0.2, -0.15) is 0 Å². The molecule has 2 aromatic carbocycles. The van der Waals surface area contributed by atoms with E-state index in [1.54, 1.807) is 11.8 Å². The van der Waals surface area contributed by atoms with E-state index >= 15 is 0 Å². The molecule has 0 aliphatic heterocycles. The molecule has 2 rings (SSSR count). The van der Waals surface area contributed by atoms with Crippen LogP contribution < -0.4 is 5.32 Å². The molecule has 0 radical (unpaired) electrons. The van der Waals surface area contributed by atoms with Gasteiger partial charge in [0.25, 0.3) is 0 Å². The van der Waals surface area contributed by atoms with Crippen LogP contribution in [-0.4, -0.2) is 11.7 Å². The average molecular weight is 364 g/mol. The van der Waals surface area contributed by atoms with Gasteiger partial charge in [-0.05, 0) is 43.2 Å². The van der Waals surface area contributed by atoms with Crippen LogP contribution in [0.15, 0.2) is 57.9 Å². The Kier molecular flexibility index (Phi) is 5.88. The molecule has 2 aromatic rings. The number of hydrogen-bond donors (Lipinski definition) is 1. The number of benzene rings is 2. The lowest BCUT2D eigenvalue weighted by Gasteiger charge is -2.14. The van der Waals surface area contributed by atoms with Crippen molar-refractivity contribution in [1.29, 1.82) is 0 Å². The first-order valence-electron chi connectivity index (χ1n) is 6.79. The molecule has 2 nitrogen and oxygen atoms in total. The maximum Gasteiger partial charge on any atom is 0.230 e. The third-order valence-electron chi connectivity index (χ3n) is 3.17. The Morgan fingerprint density at radius 3 is 2.62 bits per heavy atom. The minimum atomic E-state index is 0.0327. The summed E-state index contributed by atoms with van der Waals surface area (Å²) < 4.78 is 1.06. The summed E-state index contributed by atoms with van der Waals surface area (Å²) in [6, 6.07) is 16.1. The van der Waals surface area contributed by atoms with E-state index in [0.717, 1.165) is 14.9 Å². The summed E-state index contributed by atoms with van der Waals surface area (Å²) in [4.78, 5) is 13.2. The molecule has 4 heteroatoms. The number of amides is 1. The van der Waals surface area contributed by atoms with Crippen molar-refractivity contribution >= 4 is 33.6 Å². The van der Waals surface area contributed by atoms with E-state index in [0.29, 0.717) is 5.75 Å². The van der Waals surface area contributed by atoms with Gasteiger partial charge < -0.3 is 5.32 Å². The Morgan fingerprint density at radius 2 is 1.95 bits per heavy atom. The number of thioether (sulfide) groups is 1. The molecule has 0 saturated heterocycles. The van der Waals surface area contributed by atoms with Crippen LogP contribution in [0.1, 0.15) is 24.1 Å². The molecule has 0 aliphatic rings. The van der Waals surface area contributed by atoms with E-state index in [4.69, 9.17) is 0 Å². The van der Waals surface area contributed by atoms with Crippen LogP contribution in [0.2, 0.25) is 0 Å². The van der Waals surface area contributed by atoms with Crippen LogP contribution in [0.3, 0.4) is 0 Å². The quantitative estimate of drug-likeness (QED) is 0.778. The van der Waals surface area contributed by atoms with Crippen molar-refractivity contribution < 1.29 is 4.79 Å². The van der Waals surface area contributed by atoms with E-state index in [2.05, 4.69) is 34.2 Å². The van der Waals surface area contributed by atoms with Gasteiger partial charge in [0.15, 0.2) is 0 Å². The first-order chi connectivity index (χ1) is 10.1. The highest BCUT2D eigenvalue weighted by molar-refractivity contribution is 9.10. The average Bonchev–Trinajstić information content (AvgIpc) is 2.47. The van der Waals surface area contributed by atoms with E-state index in [1.165, 1.54) is 5.56 Å². The van der Waals surface area contributed by atoms with Crippen molar-refractivity contribution in [2.45, 2.75) is 24.8 Å². The van der Waals surface area contributed by atoms with Crippen LogP contribution >= 0.6 is 27.7 Å². The summed E-state index contributed by atoms with van der Waals surface area (Å²) in [5, 5.41) is 3.03. The fraction of sp³-hybridized carbons (Fsp3) is 0.235. The third kappa shape index (κ3) is 4.90. The number of nitrogens with one attached hydrogen (secondary N) is 1. The molecule has 1 amide bonds. The van der Waals surface area contributed by atoms with Crippen LogP contribution in [0.4, 0.5) is 0 Å². The Hall–Kier alpha value is -1.26. The van der Waals surface area contributed by atoms with Gasteiger partial charge in [-0.25, -0.2) is 0 Å². The maximum absolute atomic E-state index is 12.0. The predicted molar refractivity (Wildman–Crippen MR) is 92.6 cm³/mol. The fourth-order valence-corrected chi connectivity index (χ4v) is 3.32. The number of hydrogen-bond acceptors (Lipinski definition) is 2. The van der Waals surface area contributed by atoms with Gasteiger partial charge in [0.2, 0.25) is 5.91 Å². The molecule has 0 saturated carbocycles. The molecule has 0 heterocycles. The minimum absolute atomic E-state index is 0.0327. The van der Waals surface area contributed by atoms with Gasteiger partial charge in [0.05, 0.1) is 11.8 Å². The zero-order chi connectivity index (χ0) is 15.2. The standard InChI is InChI=1S/C17H18BrNOS/c1-12-10-15(18)8-9-16(12)21-11-17(20)19-13(2)14-6-4-3-5-7-14/h3-10,13H,11H2,1-2H3,(H,19,20). The molecule has 1 N–H and O–H groups in total. The molecular formula is C17H18BrNOS. The zero-order valence-electron chi connectivity index (χ0n) is 12.1. The largest absolute Gasteiger partial charge is 0.349 e. The molecule has 0 aliphatic carbocycles. The number of aryl methyl sites for hydroxylation is 1. The van der Waals surface area contributed by atoms with Crippen LogP contribution in [0, 0.1) is 6.92 Å². The fourth-order valence-electron chi connectivity index (χ4n) is 2.03. The second-order valence-electron chi connectivity index (χ2n) is 4.90. The first-order valence-corrected chi connectivity index (χ1v) is 8.57. The van der Waals surface area contributed by atoms with Crippen molar-refractivity contribution in [2.24, 2.45) is 0 Å². The molecule has 1 unspecified atom stereocenters. The smallest absolute Gasteiger partial charge is 0.230 e. The Balaban J connectivity index is 1.87. The minimum Gasteiger partial charge on any atom is -0.349 e. The molecule has 0 fully saturated rings. The molecule has 0 spiro atoms. The lowest BCUT2D eigenvalue weighted by molar-refractivity contribution is -0.119. The highest BCUT2D eigenvalue weighted by atomic mass is 79.9. The van der Waals surface area contributed by atoms with Gasteiger partial charge >= 0.3 is 0 Å². The van der Waals surface area contributed by atoms with E-state index in [1.807, 2.05) is 49.4 Å². The molecule has 110 valence electrons. The molecule has 0 bridgehead atoms. The van der Waals surface area contributed by atoms with E-state index in [-0.39, 0.29) is 11.9 Å². The summed E-state index contributed by atoms with van der Waals surface area (Å²) in [5.41, 5.74) is 2.30. The van der Waals surface area contributed by atoms with Gasteiger partial charge in [-0.3, -0.25) is 4.79 Å². The lowest BCUT2D eigenvalue weighted by atomic mass is 10.1. The lowest BCUT2D eigenvalue weighted by Crippen LogP contribution is -2.28. The van der Waals surface area contributed by atoms with Crippen LogP contribution in [0.25, 0.3) is 0 Å². The third-order valence-corrected chi connectivity index (χ3v) is 4.84. The predicted octanol–water partition coefficient (Wildman–Crippen LogP) is 4.73. The number of carbonyl (C=O) groups excluding carboxylic acids is 1. The topological polar surface area (TPSA) is 29.1 Å². The maximum atomic E-state index is 12.0. The van der Waals surface area contributed by atoms with Gasteiger partial charge in [-0.1, -0.05) is 46.3 Å². The van der Waals surface area contributed by atoms with E-state index < -0.39 is 0 Å². The number of rotatable bonds is 5. The highest BCUT2D eigenvalue weighted by Gasteiger charge is 2.10. The van der Waals surface area contributed by atoms with Crippen molar-refractivity contribution in [1.82, 2.24) is 5.32 Å². The van der Waals surface area contributed by atoms with Crippen molar-refractivity contribution in [2.75, 3.05) is 5.75 Å². The van der Waals surface area contributed by atoms with Crippen LogP contribution in [-0.2, 0) is 4.79 Å². The molecular weight excluding hydrogens is 346 g/mol. The summed E-state index contributed by atoms with van der Waals surface area (Å²) in [7, 11) is 0. The molecule has 21 heavy (non-hydrogen) atoms. The number of halogens is 1. The monoisotopic (exact) mass is 363 g/mol. The van der Waals surface area contributed by atoms with Crippen molar-refractivity contribution in [3.63, 3.8) is 0 Å². The molecule has 0 aromatic heterocycles. The Labute approximate surface area is 138 Å². The molecule has 1 atom stereocenters. The van der Waals surface area contributed by atoms with E-state index in [9.17, 15) is 4.79 Å². The first kappa shape index (κ1) is 16.1. The summed E-state index contributed by atoms with van der Waals surface area (Å²) in [6.07, 6.45) is 0. The van der Waals surface area contributed by atoms with Gasteiger partial charge in [0, 0.05) is 9.37 Å². The summed E-state index contributed by atoms with van der Waals surface area (Å²) in [6.45, 7) is 4.06. The van der Waals surface area contributed by atoms with Crippen LogP contribution in [0.5, 0.6) is 0 Å². The number of carbonyl (C=O) groups is 1. The second-order valence-corrected chi connectivity index (χ2v) is 6.83. The normalized spacial score (nSPS) is 12.0. The van der Waals surface area contributed by atoms with Gasteiger partial charge in [0.1, 0.15) is 0 Å². The SMILES string of the molecule is Cc1cc(Br)ccc1SCC(=O)NC(C)c1ccccc1. The summed E-state index contributed by atoms with van der Waals surface area (Å²) >= 11 is 5.01. The van der Waals surface area contributed by atoms with Crippen molar-refractivity contribution in [3.8, 4) is 0 Å². The summed E-state index contributed by atoms with van der Waals surface area (Å²) in [5.74, 6) is 0.485. The Morgan fingerprint density at radius 1 is 1.24 bits per heavy atom. The van der Waals surface area contributed by atoms with Crippen molar-refractivity contribution in [3.05, 3.63) is 64.1 Å². The second kappa shape index (κ2) is 7.66. The zero-order valence-corrected chi connectivity index (χ0v) is 14.5. The Bertz CT molecular complexity index is 615. The van der Waals surface area contributed by atoms with Gasteiger partial charge in [-0.15, -0.1) is 11.8 Å². The highest BCUT2D eigenvalue weighted by Crippen LogP contribution is 2.25.